The minimum Gasteiger partial charge on any atom is -0.389 e. The smallest absolute Gasteiger partial charge is 0.0900 e. The van der Waals surface area contributed by atoms with Crippen LogP contribution in [0.3, 0.4) is 0 Å². The van der Waals surface area contributed by atoms with E-state index in [1.807, 2.05) is 6.92 Å². The number of hydrogen-bond acceptors (Lipinski definition) is 5. The molecule has 20 heavy (non-hydrogen) atoms. The summed E-state index contributed by atoms with van der Waals surface area (Å²) in [6.07, 6.45) is 2.10. The van der Waals surface area contributed by atoms with Gasteiger partial charge in [0, 0.05) is 20.2 Å². The summed E-state index contributed by atoms with van der Waals surface area (Å²) in [7, 11) is 5.93. The molecule has 1 heterocycles. The van der Waals surface area contributed by atoms with E-state index >= 15 is 0 Å². The van der Waals surface area contributed by atoms with Crippen LogP contribution in [-0.4, -0.2) is 87.7 Å². The Morgan fingerprint density at radius 3 is 2.45 bits per heavy atom. The number of piperidine rings is 1. The lowest BCUT2D eigenvalue weighted by Crippen LogP contribution is -2.42. The van der Waals surface area contributed by atoms with Crippen LogP contribution < -0.4 is 0 Å². The third-order valence-electron chi connectivity index (χ3n) is 3.77. The normalized spacial score (nSPS) is 21.3. The van der Waals surface area contributed by atoms with Gasteiger partial charge in [-0.15, -0.1) is 0 Å². The fourth-order valence-corrected chi connectivity index (χ4v) is 2.78. The van der Waals surface area contributed by atoms with Crippen LogP contribution >= 0.6 is 0 Å². The van der Waals surface area contributed by atoms with Crippen LogP contribution in [0.15, 0.2) is 0 Å². The minimum absolute atomic E-state index is 0.0421. The van der Waals surface area contributed by atoms with Crippen LogP contribution in [-0.2, 0) is 9.47 Å². The molecule has 2 atom stereocenters. The van der Waals surface area contributed by atoms with Gasteiger partial charge in [-0.25, -0.2) is 0 Å². The van der Waals surface area contributed by atoms with Crippen molar-refractivity contribution < 1.29 is 14.6 Å². The van der Waals surface area contributed by atoms with Gasteiger partial charge >= 0.3 is 0 Å². The van der Waals surface area contributed by atoms with E-state index in [-0.39, 0.29) is 6.10 Å². The Morgan fingerprint density at radius 2 is 1.90 bits per heavy atom. The van der Waals surface area contributed by atoms with Crippen LogP contribution in [0.2, 0.25) is 0 Å². The number of aliphatic hydroxyl groups is 1. The molecule has 0 bridgehead atoms. The molecule has 0 aromatic heterocycles. The zero-order valence-corrected chi connectivity index (χ0v) is 13.5. The first-order chi connectivity index (χ1) is 9.51. The summed E-state index contributed by atoms with van der Waals surface area (Å²) in [5.74, 6) is 0.802. The molecule has 5 nitrogen and oxygen atoms in total. The first kappa shape index (κ1) is 17.9. The van der Waals surface area contributed by atoms with Gasteiger partial charge in [-0.05, 0) is 52.9 Å². The van der Waals surface area contributed by atoms with Crippen LogP contribution in [0.25, 0.3) is 0 Å². The summed E-state index contributed by atoms with van der Waals surface area (Å²) in [6.45, 7) is 6.99. The fourth-order valence-electron chi connectivity index (χ4n) is 2.78. The van der Waals surface area contributed by atoms with E-state index in [0.717, 1.165) is 19.0 Å². The van der Waals surface area contributed by atoms with Gasteiger partial charge in [0.25, 0.3) is 0 Å². The fraction of sp³-hybridized carbons (Fsp3) is 1.00. The highest BCUT2D eigenvalue weighted by Gasteiger charge is 2.21. The lowest BCUT2D eigenvalue weighted by atomic mass is 9.96. The van der Waals surface area contributed by atoms with Crippen molar-refractivity contribution in [3.05, 3.63) is 0 Å². The molecule has 1 saturated heterocycles. The van der Waals surface area contributed by atoms with Gasteiger partial charge in [-0.2, -0.15) is 0 Å². The van der Waals surface area contributed by atoms with Gasteiger partial charge in [-0.1, -0.05) is 0 Å². The predicted molar refractivity (Wildman–Crippen MR) is 81.0 cm³/mol. The van der Waals surface area contributed by atoms with E-state index in [2.05, 4.69) is 23.9 Å². The lowest BCUT2D eigenvalue weighted by molar-refractivity contribution is -0.0419. The number of nitrogens with zero attached hydrogens (tertiary/aromatic N) is 2. The summed E-state index contributed by atoms with van der Waals surface area (Å²) < 4.78 is 10.6. The summed E-state index contributed by atoms with van der Waals surface area (Å²) in [5.41, 5.74) is 0. The number of rotatable bonds is 9. The molecular formula is C15H32N2O3. The van der Waals surface area contributed by atoms with Crippen molar-refractivity contribution in [1.29, 1.82) is 0 Å². The summed E-state index contributed by atoms with van der Waals surface area (Å²) in [4.78, 5) is 4.61. The van der Waals surface area contributed by atoms with E-state index < -0.39 is 6.10 Å². The third-order valence-corrected chi connectivity index (χ3v) is 3.77. The van der Waals surface area contributed by atoms with Crippen LogP contribution in [0.5, 0.6) is 0 Å². The first-order valence-electron chi connectivity index (χ1n) is 7.67. The van der Waals surface area contributed by atoms with E-state index in [4.69, 9.17) is 9.47 Å². The van der Waals surface area contributed by atoms with Crippen LogP contribution in [0.1, 0.15) is 19.8 Å². The maximum Gasteiger partial charge on any atom is 0.0900 e. The Bertz CT molecular complexity index is 243. The number of methoxy groups -OCH3 is 1. The van der Waals surface area contributed by atoms with Crippen molar-refractivity contribution in [3.63, 3.8) is 0 Å². The molecule has 0 aromatic rings. The Labute approximate surface area is 123 Å². The Morgan fingerprint density at radius 1 is 1.25 bits per heavy atom. The van der Waals surface area contributed by atoms with E-state index in [1.165, 1.54) is 19.4 Å². The van der Waals surface area contributed by atoms with Crippen LogP contribution in [0, 0.1) is 5.92 Å². The molecule has 5 heteroatoms. The summed E-state index contributed by atoms with van der Waals surface area (Å²) in [5, 5.41) is 10.0. The maximum atomic E-state index is 10.0. The van der Waals surface area contributed by atoms with Gasteiger partial charge in [0.15, 0.2) is 0 Å². The molecule has 1 aliphatic rings. The van der Waals surface area contributed by atoms with Crippen molar-refractivity contribution in [2.24, 2.45) is 5.92 Å². The van der Waals surface area contributed by atoms with Gasteiger partial charge in [0.05, 0.1) is 25.4 Å². The van der Waals surface area contributed by atoms with Crippen molar-refractivity contribution in [3.8, 4) is 0 Å². The second kappa shape index (κ2) is 9.68. The molecule has 0 amide bonds. The molecule has 1 aliphatic heterocycles. The molecule has 0 radical (unpaired) electrons. The molecule has 0 spiro atoms. The zero-order chi connectivity index (χ0) is 15.0. The van der Waals surface area contributed by atoms with Crippen molar-refractivity contribution in [2.45, 2.75) is 32.0 Å². The van der Waals surface area contributed by atoms with Gasteiger partial charge in [-0.3, -0.25) is 0 Å². The van der Waals surface area contributed by atoms with Crippen LogP contribution in [0.4, 0.5) is 0 Å². The standard InChI is InChI=1S/C15H32N2O3/c1-13(11-19-4)20-12-15(18)10-17-7-5-14(6-8-17)9-16(2)3/h13-15,18H,5-12H2,1-4H3. The minimum atomic E-state index is -0.403. The van der Waals surface area contributed by atoms with Gasteiger partial charge in [0.2, 0.25) is 0 Å². The Kier molecular flexibility index (Phi) is 8.64. The second-order valence-corrected chi connectivity index (χ2v) is 6.26. The molecule has 1 rings (SSSR count). The topological polar surface area (TPSA) is 45.2 Å². The molecule has 2 unspecified atom stereocenters. The maximum absolute atomic E-state index is 10.0. The van der Waals surface area contributed by atoms with Gasteiger partial charge < -0.3 is 24.4 Å². The Hall–Kier alpha value is -0.200. The number of ether oxygens (including phenoxy) is 2. The monoisotopic (exact) mass is 288 g/mol. The average molecular weight is 288 g/mol. The second-order valence-electron chi connectivity index (χ2n) is 6.26. The SMILES string of the molecule is COCC(C)OCC(O)CN1CCC(CN(C)C)CC1. The summed E-state index contributed by atoms with van der Waals surface area (Å²) in [6, 6.07) is 0. The highest BCUT2D eigenvalue weighted by Crippen LogP contribution is 2.17. The Balaban J connectivity index is 2.13. The average Bonchev–Trinajstić information content (AvgIpc) is 2.38. The van der Waals surface area contributed by atoms with E-state index in [0.29, 0.717) is 19.8 Å². The lowest BCUT2D eigenvalue weighted by Gasteiger charge is -2.34. The quantitative estimate of drug-likeness (QED) is 0.676. The molecule has 1 N–H and O–H groups in total. The molecule has 0 saturated carbocycles. The highest BCUT2D eigenvalue weighted by atomic mass is 16.5. The van der Waals surface area contributed by atoms with Gasteiger partial charge in [0.1, 0.15) is 0 Å². The molecule has 0 aromatic carbocycles. The molecule has 1 fully saturated rings. The number of likely N-dealkylation sites (tertiary alicyclic amines) is 1. The summed E-state index contributed by atoms with van der Waals surface area (Å²) >= 11 is 0. The van der Waals surface area contributed by atoms with E-state index in [1.54, 1.807) is 7.11 Å². The van der Waals surface area contributed by atoms with E-state index in [9.17, 15) is 5.11 Å². The number of hydrogen-bond donors (Lipinski definition) is 1. The number of aliphatic hydroxyl groups excluding tert-OH is 1. The molecule has 0 aliphatic carbocycles. The molecular weight excluding hydrogens is 256 g/mol. The third kappa shape index (κ3) is 7.55. The molecule has 120 valence electrons. The highest BCUT2D eigenvalue weighted by molar-refractivity contribution is 4.75. The van der Waals surface area contributed by atoms with Crippen molar-refractivity contribution in [1.82, 2.24) is 9.80 Å². The van der Waals surface area contributed by atoms with Crippen molar-refractivity contribution >= 4 is 0 Å². The largest absolute Gasteiger partial charge is 0.389 e. The van der Waals surface area contributed by atoms with Crippen molar-refractivity contribution in [2.75, 3.05) is 60.6 Å². The zero-order valence-electron chi connectivity index (χ0n) is 13.5. The first-order valence-corrected chi connectivity index (χ1v) is 7.67. The predicted octanol–water partition coefficient (Wildman–Crippen LogP) is 0.672. The number of β-amino-alcohol motifs (C(OH)–C–C–N with tert-alkyl or cyclic N) is 1.